The number of nitrogens with zero attached hydrogens (tertiary/aromatic N) is 3. The minimum absolute atomic E-state index is 1.00. The van der Waals surface area contributed by atoms with Crippen molar-refractivity contribution in [2.45, 2.75) is 0 Å². The summed E-state index contributed by atoms with van der Waals surface area (Å²) in [5.74, 6) is 0. The molecule has 0 aromatic carbocycles. The second kappa shape index (κ2) is 4.61. The first-order valence-electron chi connectivity index (χ1n) is 2.59. The lowest BCUT2D eigenvalue weighted by Crippen LogP contribution is -2.40. The summed E-state index contributed by atoms with van der Waals surface area (Å²) < 4.78 is 12.9. The van der Waals surface area contributed by atoms with Crippen LogP contribution >= 0.6 is 0 Å². The van der Waals surface area contributed by atoms with Crippen molar-refractivity contribution in [2.75, 3.05) is 0 Å². The summed E-state index contributed by atoms with van der Waals surface area (Å²) >= 11 is 0. The average Bonchev–Trinajstić information content (AvgIpc) is 2.06. The van der Waals surface area contributed by atoms with E-state index < -0.39 is 8.80 Å². The summed E-state index contributed by atoms with van der Waals surface area (Å²) in [5, 5.41) is 24.4. The van der Waals surface area contributed by atoms with Crippen molar-refractivity contribution in [3.63, 3.8) is 0 Å². The van der Waals surface area contributed by atoms with Gasteiger partial charge in [-0.1, -0.05) is 6.58 Å². The Labute approximate surface area is 69.8 Å². The van der Waals surface area contributed by atoms with E-state index in [4.69, 9.17) is 15.8 Å². The first-order chi connectivity index (χ1) is 5.74. The summed E-state index contributed by atoms with van der Waals surface area (Å²) in [5.41, 5.74) is 1.00. The van der Waals surface area contributed by atoms with Gasteiger partial charge in [-0.05, 0) is 0 Å². The van der Waals surface area contributed by atoms with E-state index in [-0.39, 0.29) is 0 Å². The van der Waals surface area contributed by atoms with Gasteiger partial charge in [-0.25, -0.2) is 0 Å². The van der Waals surface area contributed by atoms with Gasteiger partial charge in [0.1, 0.15) is 0 Å². The molecule has 0 aliphatic carbocycles. The molecule has 0 spiro atoms. The maximum Gasteiger partial charge on any atom is 0.758 e. The van der Waals surface area contributed by atoms with E-state index >= 15 is 0 Å². The molecule has 0 saturated heterocycles. The molecule has 7 heteroatoms. The highest BCUT2D eigenvalue weighted by atomic mass is 28.4. The lowest BCUT2D eigenvalue weighted by molar-refractivity contribution is 0.221. The smallest absolute Gasteiger partial charge is 0.409 e. The van der Waals surface area contributed by atoms with Gasteiger partial charge < -0.3 is 13.3 Å². The van der Waals surface area contributed by atoms with Crippen LogP contribution in [0.5, 0.6) is 0 Å². The molecule has 0 fully saturated rings. The van der Waals surface area contributed by atoms with E-state index in [2.05, 4.69) is 19.9 Å². The fourth-order valence-electron chi connectivity index (χ4n) is 0.378. The van der Waals surface area contributed by atoms with Crippen molar-refractivity contribution in [2.24, 2.45) is 0 Å². The zero-order chi connectivity index (χ0) is 9.45. The van der Waals surface area contributed by atoms with E-state index in [9.17, 15) is 0 Å². The molecule has 0 aromatic rings. The van der Waals surface area contributed by atoms with Gasteiger partial charge >= 0.3 is 8.80 Å². The molecule has 0 heterocycles. The standard InChI is InChI=1S/C5H3N3O3Si/c1-2-12(9-3-6,10-4-7)11-5-8/h2H,1H2. The van der Waals surface area contributed by atoms with Crippen LogP contribution in [0, 0.1) is 34.6 Å². The Morgan fingerprint density at radius 3 is 1.50 bits per heavy atom. The van der Waals surface area contributed by atoms with Crippen LogP contribution in [0.15, 0.2) is 12.3 Å². The van der Waals surface area contributed by atoms with E-state index in [1.54, 1.807) is 0 Å². The van der Waals surface area contributed by atoms with Crippen LogP contribution in [0.2, 0.25) is 0 Å². The fraction of sp³-hybridized carbons (Fsp3) is 0. The van der Waals surface area contributed by atoms with E-state index in [0.717, 1.165) is 5.70 Å². The van der Waals surface area contributed by atoms with E-state index in [1.807, 2.05) is 0 Å². The molecular formula is C5H3N3O3Si. The molecule has 0 aliphatic heterocycles. The number of nitriles is 3. The van der Waals surface area contributed by atoms with Gasteiger partial charge in [0, 0.05) is 5.70 Å². The molecule has 0 N–H and O–H groups in total. The molecule has 0 aromatic heterocycles. The van der Waals surface area contributed by atoms with Gasteiger partial charge in [0.25, 0.3) is 18.8 Å². The van der Waals surface area contributed by atoms with Crippen LogP contribution in [0.4, 0.5) is 0 Å². The van der Waals surface area contributed by atoms with Crippen molar-refractivity contribution in [1.82, 2.24) is 0 Å². The first kappa shape index (κ1) is 9.83. The Balaban J connectivity index is 4.56. The minimum atomic E-state index is -3.59. The minimum Gasteiger partial charge on any atom is -0.409 e. The SMILES string of the molecule is C=C[Si](OC#N)(OC#N)OC#N. The molecule has 6 nitrogen and oxygen atoms in total. The van der Waals surface area contributed by atoms with Crippen molar-refractivity contribution in [1.29, 1.82) is 15.8 Å². The Hall–Kier alpha value is -2.17. The normalized spacial score (nSPS) is 8.08. The van der Waals surface area contributed by atoms with Crippen LogP contribution in [-0.4, -0.2) is 8.80 Å². The van der Waals surface area contributed by atoms with E-state index in [0.29, 0.717) is 0 Å². The maximum atomic E-state index is 8.12. The number of rotatable bonds is 4. The molecule has 0 unspecified atom stereocenters. The maximum absolute atomic E-state index is 8.12. The summed E-state index contributed by atoms with van der Waals surface area (Å²) in [6, 6.07) is 0. The van der Waals surface area contributed by atoms with Crippen LogP contribution in [0.1, 0.15) is 0 Å². The molecule has 0 rings (SSSR count). The zero-order valence-corrected chi connectivity index (χ0v) is 6.85. The molecule has 12 heavy (non-hydrogen) atoms. The van der Waals surface area contributed by atoms with Crippen LogP contribution < -0.4 is 0 Å². The third kappa shape index (κ3) is 2.22. The molecule has 0 saturated carbocycles. The number of hydrogen-bond acceptors (Lipinski definition) is 6. The Bertz CT molecular complexity index is 243. The van der Waals surface area contributed by atoms with Gasteiger partial charge in [0.15, 0.2) is 0 Å². The fourth-order valence-corrected chi connectivity index (χ4v) is 1.14. The Morgan fingerprint density at radius 1 is 1.00 bits per heavy atom. The molecule has 0 amide bonds. The molecule has 0 atom stereocenters. The molecule has 0 aliphatic rings. The Morgan fingerprint density at radius 2 is 1.33 bits per heavy atom. The summed E-state index contributed by atoms with van der Waals surface area (Å²) in [6.45, 7) is 3.22. The third-order valence-corrected chi connectivity index (χ3v) is 2.44. The molecular weight excluding hydrogens is 178 g/mol. The first-order valence-corrected chi connectivity index (χ1v) is 4.39. The summed E-state index contributed by atoms with van der Waals surface area (Å²) in [7, 11) is -3.59. The lowest BCUT2D eigenvalue weighted by Gasteiger charge is -2.13. The van der Waals surface area contributed by atoms with Crippen LogP contribution in [0.3, 0.4) is 0 Å². The van der Waals surface area contributed by atoms with Gasteiger partial charge in [-0.3, -0.25) is 0 Å². The van der Waals surface area contributed by atoms with Crippen LogP contribution in [-0.2, 0) is 13.3 Å². The largest absolute Gasteiger partial charge is 0.758 e. The van der Waals surface area contributed by atoms with Crippen molar-refractivity contribution < 1.29 is 13.3 Å². The predicted octanol–water partition coefficient (Wildman–Crippen LogP) is 0.144. The lowest BCUT2D eigenvalue weighted by atomic mass is 11.3. The average molecular weight is 181 g/mol. The Kier molecular flexibility index (Phi) is 3.78. The number of hydrogen-bond donors (Lipinski definition) is 0. The van der Waals surface area contributed by atoms with Crippen molar-refractivity contribution >= 4 is 8.80 Å². The van der Waals surface area contributed by atoms with Crippen molar-refractivity contribution in [3.05, 3.63) is 12.3 Å². The molecule has 60 valence electrons. The topological polar surface area (TPSA) is 99.1 Å². The molecule has 0 radical (unpaired) electrons. The quantitative estimate of drug-likeness (QED) is 0.452. The summed E-state index contributed by atoms with van der Waals surface area (Å²) in [4.78, 5) is 0. The van der Waals surface area contributed by atoms with Gasteiger partial charge in [-0.15, -0.1) is 0 Å². The summed E-state index contributed by atoms with van der Waals surface area (Å²) in [6.07, 6.45) is 3.80. The molecule has 0 bridgehead atoms. The predicted molar refractivity (Wildman–Crippen MR) is 36.0 cm³/mol. The van der Waals surface area contributed by atoms with Gasteiger partial charge in [-0.2, -0.15) is 15.8 Å². The van der Waals surface area contributed by atoms with Crippen molar-refractivity contribution in [3.8, 4) is 18.8 Å². The highest BCUT2D eigenvalue weighted by Gasteiger charge is 2.47. The van der Waals surface area contributed by atoms with E-state index in [1.165, 1.54) is 18.8 Å². The monoisotopic (exact) mass is 181 g/mol. The third-order valence-electron chi connectivity index (χ3n) is 0.814. The van der Waals surface area contributed by atoms with Crippen LogP contribution in [0.25, 0.3) is 0 Å². The van der Waals surface area contributed by atoms with Gasteiger partial charge in [0.2, 0.25) is 0 Å². The second-order valence-electron chi connectivity index (χ2n) is 1.39. The highest BCUT2D eigenvalue weighted by Crippen LogP contribution is 2.08. The highest BCUT2D eigenvalue weighted by molar-refractivity contribution is 6.67. The van der Waals surface area contributed by atoms with Gasteiger partial charge in [0.05, 0.1) is 0 Å². The second-order valence-corrected chi connectivity index (χ2v) is 3.62. The zero-order valence-electron chi connectivity index (χ0n) is 5.85.